The number of rotatable bonds is 7. The number of carbonyl (C=O) groups excluding carboxylic acids is 3. The molecular weight excluding hydrogens is 611 g/mol. The quantitative estimate of drug-likeness (QED) is 0.342. The Hall–Kier alpha value is -4.08. The predicted octanol–water partition coefficient (Wildman–Crippen LogP) is 5.45. The maximum absolute atomic E-state index is 15.0. The molecule has 47 heavy (non-hydrogen) atoms. The molecule has 7 rings (SSSR count). The van der Waals surface area contributed by atoms with E-state index in [9.17, 15) is 14.7 Å². The van der Waals surface area contributed by atoms with E-state index in [1.165, 1.54) is 0 Å². The Morgan fingerprint density at radius 2 is 1.51 bits per heavy atom. The van der Waals surface area contributed by atoms with Gasteiger partial charge in [-0.3, -0.25) is 14.4 Å². The zero-order valence-electron chi connectivity index (χ0n) is 27.2. The van der Waals surface area contributed by atoms with Crippen LogP contribution in [0.5, 0.6) is 5.75 Å². The van der Waals surface area contributed by atoms with Crippen molar-refractivity contribution in [2.45, 2.75) is 49.3 Å². The summed E-state index contributed by atoms with van der Waals surface area (Å²) in [6, 6.07) is 20.0. The average Bonchev–Trinajstić information content (AvgIpc) is 3.32. The SMILES string of the molecule is CCOc1ccc(N2CC=C[C@@]3(C)S[C@]45C=CCN(c6ccc7ccccc7c6)C(=O)C4N([C@@H](CO)C(C)C)C(=O)[C@@H]5[C@H]3C2=O)cc1. The second-order valence-electron chi connectivity index (χ2n) is 13.4. The number of nitrogens with zero attached hydrogens (tertiary/aromatic N) is 3. The van der Waals surface area contributed by atoms with Crippen LogP contribution < -0.4 is 14.5 Å². The van der Waals surface area contributed by atoms with Gasteiger partial charge in [0.1, 0.15) is 11.8 Å². The zero-order valence-corrected chi connectivity index (χ0v) is 28.0. The largest absolute Gasteiger partial charge is 0.494 e. The van der Waals surface area contributed by atoms with Gasteiger partial charge in [0.05, 0.1) is 35.8 Å². The molecule has 3 aromatic carbocycles. The number of ether oxygens (including phenoxy) is 1. The van der Waals surface area contributed by atoms with E-state index in [4.69, 9.17) is 4.74 Å². The summed E-state index contributed by atoms with van der Waals surface area (Å²) < 4.78 is 3.88. The number of amides is 3. The molecule has 4 aliphatic rings. The molecule has 2 fully saturated rings. The van der Waals surface area contributed by atoms with E-state index in [2.05, 4.69) is 6.08 Å². The molecule has 4 aliphatic heterocycles. The van der Waals surface area contributed by atoms with E-state index in [0.717, 1.165) is 27.9 Å². The molecule has 3 aromatic rings. The normalized spacial score (nSPS) is 29.2. The molecule has 0 bridgehead atoms. The van der Waals surface area contributed by atoms with E-state index >= 15 is 4.79 Å². The first kappa shape index (κ1) is 31.5. The van der Waals surface area contributed by atoms with E-state index in [0.29, 0.717) is 19.7 Å². The molecular formula is C38H41N3O5S. The zero-order chi connectivity index (χ0) is 33.1. The fourth-order valence-electron chi connectivity index (χ4n) is 8.14. The molecule has 4 heterocycles. The smallest absolute Gasteiger partial charge is 0.251 e. The third-order valence-electron chi connectivity index (χ3n) is 10.3. The number of thioether (sulfide) groups is 1. The van der Waals surface area contributed by atoms with Gasteiger partial charge < -0.3 is 24.5 Å². The van der Waals surface area contributed by atoms with Crippen LogP contribution in [0.25, 0.3) is 10.8 Å². The second-order valence-corrected chi connectivity index (χ2v) is 15.2. The van der Waals surface area contributed by atoms with Crippen molar-refractivity contribution in [1.29, 1.82) is 0 Å². The minimum Gasteiger partial charge on any atom is -0.494 e. The molecule has 0 saturated carbocycles. The number of anilines is 2. The maximum atomic E-state index is 15.0. The lowest BCUT2D eigenvalue weighted by Gasteiger charge is -2.41. The first-order valence-electron chi connectivity index (χ1n) is 16.5. The van der Waals surface area contributed by atoms with Gasteiger partial charge >= 0.3 is 0 Å². The third-order valence-corrected chi connectivity index (χ3v) is 12.1. The summed E-state index contributed by atoms with van der Waals surface area (Å²) in [5.41, 5.74) is 1.47. The standard InChI is InChI=1S/C38H41N3O5S/c1-5-46-29-16-14-27(15-17-29)39-20-8-18-37(4)31(34(39)43)32-35(44)41(30(23-42)24(2)3)33-36(45)40(21-9-19-38(32,33)47-37)28-13-12-25-10-6-7-11-26(25)22-28/h6-19,22,24,30-33,42H,5,20-21,23H2,1-4H3/t30-,31-,32-,33?,37+,38-/m0/s1. The minimum atomic E-state index is -1.01. The summed E-state index contributed by atoms with van der Waals surface area (Å²) in [5.74, 6) is -1.52. The van der Waals surface area contributed by atoms with Crippen molar-refractivity contribution in [3.05, 3.63) is 91.0 Å². The molecule has 2 saturated heterocycles. The van der Waals surface area contributed by atoms with Crippen molar-refractivity contribution in [3.8, 4) is 5.75 Å². The highest BCUT2D eigenvalue weighted by Crippen LogP contribution is 2.66. The lowest BCUT2D eigenvalue weighted by Crippen LogP contribution is -2.58. The van der Waals surface area contributed by atoms with Crippen LogP contribution in [0.15, 0.2) is 91.0 Å². The summed E-state index contributed by atoms with van der Waals surface area (Å²) in [5, 5.41) is 12.8. The van der Waals surface area contributed by atoms with Gasteiger partial charge in [0.15, 0.2) is 0 Å². The van der Waals surface area contributed by atoms with Gasteiger partial charge in [-0.1, -0.05) is 68.5 Å². The van der Waals surface area contributed by atoms with Gasteiger partial charge in [0.25, 0.3) is 5.91 Å². The monoisotopic (exact) mass is 651 g/mol. The summed E-state index contributed by atoms with van der Waals surface area (Å²) in [6.07, 6.45) is 8.08. The number of aliphatic hydroxyl groups excluding tert-OH is 1. The Kier molecular flexibility index (Phi) is 7.96. The Bertz CT molecular complexity index is 1790. The number of hydrogen-bond acceptors (Lipinski definition) is 6. The first-order chi connectivity index (χ1) is 22.6. The molecule has 0 aromatic heterocycles. The highest BCUT2D eigenvalue weighted by atomic mass is 32.2. The second kappa shape index (κ2) is 11.9. The Labute approximate surface area is 280 Å². The van der Waals surface area contributed by atoms with Crippen LogP contribution in [0.4, 0.5) is 11.4 Å². The van der Waals surface area contributed by atoms with Crippen molar-refractivity contribution >= 4 is 51.6 Å². The van der Waals surface area contributed by atoms with E-state index < -0.39 is 33.4 Å². The summed E-state index contributed by atoms with van der Waals surface area (Å²) in [7, 11) is 0. The molecule has 0 radical (unpaired) electrons. The summed E-state index contributed by atoms with van der Waals surface area (Å²) in [4.78, 5) is 49.8. The highest BCUT2D eigenvalue weighted by Gasteiger charge is 2.74. The van der Waals surface area contributed by atoms with E-state index in [1.54, 1.807) is 26.5 Å². The van der Waals surface area contributed by atoms with Crippen LogP contribution >= 0.6 is 11.8 Å². The molecule has 1 spiro atoms. The van der Waals surface area contributed by atoms with E-state index in [-0.39, 0.29) is 30.2 Å². The molecule has 1 unspecified atom stereocenters. The van der Waals surface area contributed by atoms with Gasteiger partial charge in [-0.2, -0.15) is 0 Å². The Morgan fingerprint density at radius 3 is 2.19 bits per heavy atom. The molecule has 9 heteroatoms. The summed E-state index contributed by atoms with van der Waals surface area (Å²) >= 11 is 1.55. The van der Waals surface area contributed by atoms with Crippen molar-refractivity contribution in [1.82, 2.24) is 4.90 Å². The molecule has 8 nitrogen and oxygen atoms in total. The first-order valence-corrected chi connectivity index (χ1v) is 17.3. The number of fused-ring (bicyclic) bond motifs is 3. The van der Waals surface area contributed by atoms with Crippen molar-refractivity contribution in [3.63, 3.8) is 0 Å². The van der Waals surface area contributed by atoms with Crippen molar-refractivity contribution in [2.24, 2.45) is 17.8 Å². The third kappa shape index (κ3) is 4.89. The summed E-state index contributed by atoms with van der Waals surface area (Å²) in [6.45, 7) is 8.83. The van der Waals surface area contributed by atoms with Gasteiger partial charge in [-0.15, -0.1) is 11.8 Å². The average molecular weight is 652 g/mol. The van der Waals surface area contributed by atoms with Gasteiger partial charge in [0, 0.05) is 29.2 Å². The fraction of sp³-hybridized carbons (Fsp3) is 0.395. The van der Waals surface area contributed by atoms with Crippen LogP contribution in [-0.4, -0.2) is 75.6 Å². The number of likely N-dealkylation sites (tertiary alicyclic amines) is 1. The number of aliphatic hydroxyl groups is 1. The molecule has 1 N–H and O–H groups in total. The number of hydrogen-bond donors (Lipinski definition) is 1. The molecule has 0 aliphatic carbocycles. The highest BCUT2D eigenvalue weighted by molar-refractivity contribution is 8.02. The van der Waals surface area contributed by atoms with Gasteiger partial charge in [0.2, 0.25) is 11.8 Å². The lowest BCUT2D eigenvalue weighted by molar-refractivity contribution is -0.143. The van der Waals surface area contributed by atoms with Gasteiger partial charge in [-0.05, 0) is 66.9 Å². The molecule has 6 atom stereocenters. The lowest BCUT2D eigenvalue weighted by atomic mass is 9.74. The minimum absolute atomic E-state index is 0.115. The Balaban J connectivity index is 1.34. The fourth-order valence-corrected chi connectivity index (χ4v) is 10.3. The van der Waals surface area contributed by atoms with E-state index in [1.807, 2.05) is 113 Å². The van der Waals surface area contributed by atoms with Gasteiger partial charge in [-0.25, -0.2) is 0 Å². The Morgan fingerprint density at radius 1 is 0.851 bits per heavy atom. The topological polar surface area (TPSA) is 90.4 Å². The van der Waals surface area contributed by atoms with Crippen LogP contribution in [0.3, 0.4) is 0 Å². The number of benzene rings is 3. The van der Waals surface area contributed by atoms with Crippen LogP contribution in [-0.2, 0) is 14.4 Å². The van der Waals surface area contributed by atoms with Crippen molar-refractivity contribution in [2.75, 3.05) is 36.1 Å². The van der Waals surface area contributed by atoms with Crippen molar-refractivity contribution < 1.29 is 24.2 Å². The predicted molar refractivity (Wildman–Crippen MR) is 187 cm³/mol. The maximum Gasteiger partial charge on any atom is 0.251 e. The molecule has 244 valence electrons. The molecule has 3 amide bonds. The van der Waals surface area contributed by atoms with Crippen LogP contribution in [0, 0.1) is 17.8 Å². The van der Waals surface area contributed by atoms with Crippen LogP contribution in [0.1, 0.15) is 27.7 Å². The van der Waals surface area contributed by atoms with Crippen LogP contribution in [0.2, 0.25) is 0 Å². The number of carbonyl (C=O) groups is 3.